The summed E-state index contributed by atoms with van der Waals surface area (Å²) >= 11 is 0. The molecule has 0 aromatic rings. The molecule has 0 N–H and O–H groups in total. The van der Waals surface area contributed by atoms with Crippen molar-refractivity contribution in [3.05, 3.63) is 12.2 Å². The number of hydrogen-bond acceptors (Lipinski definition) is 3. The van der Waals surface area contributed by atoms with Gasteiger partial charge in [-0.1, -0.05) is 55.4 Å². The van der Waals surface area contributed by atoms with Crippen LogP contribution >= 0.6 is 0 Å². The third-order valence-corrected chi connectivity index (χ3v) is 11.6. The highest BCUT2D eigenvalue weighted by Gasteiger charge is 2.49. The fourth-order valence-electron chi connectivity index (χ4n) is 4.22. The van der Waals surface area contributed by atoms with Crippen LogP contribution in [0, 0.1) is 17.6 Å². The van der Waals surface area contributed by atoms with E-state index in [2.05, 4.69) is 67.5 Å². The lowest BCUT2D eigenvalue weighted by atomic mass is 9.82. The minimum absolute atomic E-state index is 0.0428. The lowest BCUT2D eigenvalue weighted by Crippen LogP contribution is -2.53. The molecule has 1 rings (SSSR count). The molecule has 0 bridgehead atoms. The molecule has 0 aromatic heterocycles. The maximum atomic E-state index is 11.4. The summed E-state index contributed by atoms with van der Waals surface area (Å²) in [5.74, 6) is -0.271. The molecular weight excluding hydrogens is 316 g/mol. The van der Waals surface area contributed by atoms with Gasteiger partial charge < -0.3 is 9.16 Å². The first-order chi connectivity index (χ1) is 10.9. The van der Waals surface area contributed by atoms with Gasteiger partial charge in [-0.2, -0.15) is 0 Å². The zero-order valence-electron chi connectivity index (χ0n) is 17.0. The Balaban J connectivity index is 3.15. The Bertz CT molecular complexity index is 430. The lowest BCUT2D eigenvalue weighted by molar-refractivity contribution is -0.146. The van der Waals surface area contributed by atoms with Crippen molar-refractivity contribution in [1.82, 2.24) is 0 Å². The summed E-state index contributed by atoms with van der Waals surface area (Å²) < 4.78 is 12.5. The molecule has 0 aliphatic heterocycles. The van der Waals surface area contributed by atoms with Gasteiger partial charge in [0, 0.05) is 19.4 Å². The monoisotopic (exact) mass is 352 g/mol. The topological polar surface area (TPSA) is 35.5 Å². The van der Waals surface area contributed by atoms with Gasteiger partial charge in [-0.25, -0.2) is 0 Å². The fraction of sp³-hybridized carbons (Fsp3) is 0.850. The quantitative estimate of drug-likeness (QED) is 0.470. The molecule has 0 aromatic carbocycles. The van der Waals surface area contributed by atoms with Crippen LogP contribution in [0.5, 0.6) is 0 Å². The average molecular weight is 353 g/mol. The van der Waals surface area contributed by atoms with Crippen LogP contribution in [0.15, 0.2) is 0 Å². The molecule has 0 saturated carbocycles. The molecule has 0 spiro atoms. The third-order valence-electron chi connectivity index (χ3n) is 5.47. The van der Waals surface area contributed by atoms with Crippen molar-refractivity contribution in [2.45, 2.75) is 104 Å². The van der Waals surface area contributed by atoms with Crippen LogP contribution in [0.25, 0.3) is 0 Å². The third kappa shape index (κ3) is 4.72. The van der Waals surface area contributed by atoms with Crippen molar-refractivity contribution in [1.29, 1.82) is 0 Å². The molecular formula is C20H36O3Si. The first-order valence-electron chi connectivity index (χ1n) is 9.26. The minimum atomic E-state index is -1.99. The Morgan fingerprint density at radius 3 is 2.00 bits per heavy atom. The molecule has 0 saturated heterocycles. The standard InChI is InChI=1S/C20H36O3Si/c1-14(2)24(15(3)4,16(5)6)23-19-13-18(22-17(7)21)11-10-12-20(19,8)9/h14-16,18-19H,12-13H2,1-9H3/t18-,19-/m0/s1. The number of rotatable bonds is 6. The summed E-state index contributed by atoms with van der Waals surface area (Å²) in [6.07, 6.45) is 7.45. The zero-order valence-corrected chi connectivity index (χ0v) is 18.0. The van der Waals surface area contributed by atoms with E-state index in [0.29, 0.717) is 23.0 Å². The van der Waals surface area contributed by atoms with Crippen molar-refractivity contribution in [3.63, 3.8) is 0 Å². The summed E-state index contributed by atoms with van der Waals surface area (Å²) in [6, 6.07) is 0. The van der Waals surface area contributed by atoms with Crippen LogP contribution in [0.2, 0.25) is 16.6 Å². The average Bonchev–Trinajstić information content (AvgIpc) is 2.52. The SMILES string of the molecule is CC(=O)O[C@H]1[C]=[C]CC(C)(C)[C@@H](O[Si](C(C)C)(C(C)C)C(C)C)C1. The number of hydrogen-bond donors (Lipinski definition) is 0. The van der Waals surface area contributed by atoms with Crippen molar-refractivity contribution in [2.75, 3.05) is 0 Å². The summed E-state index contributed by atoms with van der Waals surface area (Å²) in [6.45, 7) is 19.7. The largest absolute Gasteiger partial charge is 0.458 e. The first-order valence-corrected chi connectivity index (χ1v) is 11.4. The molecule has 0 unspecified atom stereocenters. The summed E-state index contributed by atoms with van der Waals surface area (Å²) in [4.78, 5) is 11.4. The van der Waals surface area contributed by atoms with Crippen molar-refractivity contribution in [3.8, 4) is 0 Å². The summed E-state index contributed by atoms with van der Waals surface area (Å²) in [5, 5.41) is 0. The predicted octanol–water partition coefficient (Wildman–Crippen LogP) is 5.46. The lowest BCUT2D eigenvalue weighted by Gasteiger charge is -2.48. The minimum Gasteiger partial charge on any atom is -0.458 e. The van der Waals surface area contributed by atoms with Gasteiger partial charge in [0.25, 0.3) is 0 Å². The Morgan fingerprint density at radius 1 is 1.08 bits per heavy atom. The summed E-state index contributed by atoms with van der Waals surface area (Å²) in [5.41, 5.74) is 1.55. The number of carbonyl (C=O) groups is 1. The molecule has 1 aliphatic carbocycles. The van der Waals surface area contributed by atoms with Crippen LogP contribution in [0.1, 0.15) is 75.2 Å². The second-order valence-corrected chi connectivity index (χ2v) is 14.2. The van der Waals surface area contributed by atoms with Crippen LogP contribution in [-0.4, -0.2) is 26.5 Å². The smallest absolute Gasteiger partial charge is 0.303 e. The van der Waals surface area contributed by atoms with Crippen LogP contribution in [0.4, 0.5) is 0 Å². The highest BCUT2D eigenvalue weighted by Crippen LogP contribution is 2.46. The van der Waals surface area contributed by atoms with Gasteiger partial charge in [0.05, 0.1) is 6.10 Å². The van der Waals surface area contributed by atoms with Crippen LogP contribution in [-0.2, 0) is 14.0 Å². The van der Waals surface area contributed by atoms with E-state index in [1.54, 1.807) is 0 Å². The predicted molar refractivity (Wildman–Crippen MR) is 101 cm³/mol. The normalized spacial score (nSPS) is 24.5. The van der Waals surface area contributed by atoms with Gasteiger partial charge in [-0.15, -0.1) is 0 Å². The van der Waals surface area contributed by atoms with E-state index < -0.39 is 8.32 Å². The molecule has 138 valence electrons. The maximum absolute atomic E-state index is 11.4. The second-order valence-electron chi connectivity index (χ2n) is 8.74. The summed E-state index contributed by atoms with van der Waals surface area (Å²) in [7, 11) is -1.99. The van der Waals surface area contributed by atoms with Gasteiger partial charge in [-0.3, -0.25) is 4.79 Å². The van der Waals surface area contributed by atoms with Crippen LogP contribution < -0.4 is 0 Å². The van der Waals surface area contributed by atoms with Crippen LogP contribution in [0.3, 0.4) is 0 Å². The van der Waals surface area contributed by atoms with Gasteiger partial charge in [0.15, 0.2) is 0 Å². The Morgan fingerprint density at radius 2 is 1.58 bits per heavy atom. The van der Waals surface area contributed by atoms with E-state index in [4.69, 9.17) is 9.16 Å². The number of carbonyl (C=O) groups excluding carboxylic acids is 1. The number of allylic oxidation sites excluding steroid dienone is 1. The molecule has 3 nitrogen and oxygen atoms in total. The van der Waals surface area contributed by atoms with E-state index in [1.807, 2.05) is 0 Å². The van der Waals surface area contributed by atoms with Crippen molar-refractivity contribution >= 4 is 14.3 Å². The molecule has 2 radical (unpaired) electrons. The number of ether oxygens (including phenoxy) is 1. The van der Waals surface area contributed by atoms with E-state index in [1.165, 1.54) is 6.92 Å². The molecule has 4 heteroatoms. The van der Waals surface area contributed by atoms with E-state index in [0.717, 1.165) is 6.42 Å². The van der Waals surface area contributed by atoms with Gasteiger partial charge in [0.2, 0.25) is 8.32 Å². The van der Waals surface area contributed by atoms with E-state index in [-0.39, 0.29) is 23.6 Å². The molecule has 2 atom stereocenters. The Labute approximate surface area is 150 Å². The molecule has 0 fully saturated rings. The highest BCUT2D eigenvalue weighted by atomic mass is 28.4. The van der Waals surface area contributed by atoms with Gasteiger partial charge in [0.1, 0.15) is 6.10 Å². The zero-order chi connectivity index (χ0) is 18.7. The fourth-order valence-corrected chi connectivity index (χ4v) is 9.94. The Kier molecular flexibility index (Phi) is 7.30. The van der Waals surface area contributed by atoms with E-state index >= 15 is 0 Å². The molecule has 0 amide bonds. The molecule has 0 heterocycles. The second kappa shape index (κ2) is 8.18. The van der Waals surface area contributed by atoms with Gasteiger partial charge >= 0.3 is 5.97 Å². The molecule has 1 aliphatic rings. The Hall–Kier alpha value is -0.613. The highest BCUT2D eigenvalue weighted by molar-refractivity contribution is 6.77. The number of esters is 1. The van der Waals surface area contributed by atoms with Crippen molar-refractivity contribution in [2.24, 2.45) is 5.41 Å². The van der Waals surface area contributed by atoms with Gasteiger partial charge in [-0.05, 0) is 34.5 Å². The van der Waals surface area contributed by atoms with Crippen molar-refractivity contribution < 1.29 is 14.0 Å². The first kappa shape index (κ1) is 21.4. The maximum Gasteiger partial charge on any atom is 0.303 e. The molecule has 24 heavy (non-hydrogen) atoms. The van der Waals surface area contributed by atoms with E-state index in [9.17, 15) is 4.79 Å².